The fourth-order valence-corrected chi connectivity index (χ4v) is 6.72. The van der Waals surface area contributed by atoms with Crippen LogP contribution in [-0.2, 0) is 25.8 Å². The van der Waals surface area contributed by atoms with Crippen LogP contribution in [0.3, 0.4) is 0 Å². The van der Waals surface area contributed by atoms with Crippen LogP contribution in [0.15, 0.2) is 24.3 Å². The number of nitrogens with one attached hydrogen (secondary N) is 2. The third-order valence-electron chi connectivity index (χ3n) is 8.16. The molecule has 1 aromatic heterocycles. The van der Waals surface area contributed by atoms with E-state index >= 15 is 0 Å². The number of aromatic nitrogens is 3. The number of rotatable bonds is 8. The Bertz CT molecular complexity index is 1200. The zero-order chi connectivity index (χ0) is 25.8. The number of nitrogens with zero attached hydrogens (tertiary/aromatic N) is 4. The van der Waals surface area contributed by atoms with Gasteiger partial charge in [-0.05, 0) is 44.2 Å². The average Bonchev–Trinajstić information content (AvgIpc) is 3.56. The van der Waals surface area contributed by atoms with Crippen LogP contribution in [0.1, 0.15) is 40.0 Å². The molecule has 3 saturated heterocycles. The maximum atomic E-state index is 14.0. The van der Waals surface area contributed by atoms with Gasteiger partial charge in [-0.15, -0.1) is 5.10 Å². The van der Waals surface area contributed by atoms with E-state index in [2.05, 4.69) is 20.9 Å². The maximum Gasteiger partial charge on any atom is 0.247 e. The van der Waals surface area contributed by atoms with Gasteiger partial charge in [-0.3, -0.25) is 14.4 Å². The highest BCUT2D eigenvalue weighted by atomic mass is 16.5. The summed E-state index contributed by atoms with van der Waals surface area (Å²) in [5.74, 6) is -2.28. The quantitative estimate of drug-likeness (QED) is 0.480. The Morgan fingerprint density at radius 3 is 2.69 bits per heavy atom. The highest BCUT2D eigenvalue weighted by Gasteiger charge is 2.78. The number of aliphatic hydroxyl groups is 1. The second kappa shape index (κ2) is 8.81. The zero-order valence-corrected chi connectivity index (χ0v) is 21.1. The van der Waals surface area contributed by atoms with Crippen molar-refractivity contribution in [3.05, 3.63) is 24.3 Å². The van der Waals surface area contributed by atoms with Crippen LogP contribution in [-0.4, -0.2) is 79.7 Å². The smallest absolute Gasteiger partial charge is 0.247 e. The molecule has 3 N–H and O–H groups in total. The molecule has 6 atom stereocenters. The molecule has 0 saturated carbocycles. The summed E-state index contributed by atoms with van der Waals surface area (Å²) < 4.78 is 8.13. The largest absolute Gasteiger partial charge is 0.394 e. The molecule has 11 nitrogen and oxygen atoms in total. The Hall–Kier alpha value is -3.05. The van der Waals surface area contributed by atoms with E-state index < -0.39 is 41.0 Å². The van der Waals surface area contributed by atoms with Crippen molar-refractivity contribution >= 4 is 28.8 Å². The number of fused-ring (bicyclic) bond motifs is 2. The van der Waals surface area contributed by atoms with Gasteiger partial charge in [0.1, 0.15) is 23.8 Å². The minimum atomic E-state index is -1.14. The van der Waals surface area contributed by atoms with Gasteiger partial charge in [0, 0.05) is 7.05 Å². The molecule has 3 fully saturated rings. The fraction of sp³-hybridized carbons (Fsp3) is 0.640. The maximum absolute atomic E-state index is 14.0. The van der Waals surface area contributed by atoms with Gasteiger partial charge in [-0.2, -0.15) is 0 Å². The van der Waals surface area contributed by atoms with Crippen molar-refractivity contribution in [1.29, 1.82) is 0 Å². The second-order valence-electron chi connectivity index (χ2n) is 10.8. The number of aliphatic hydroxyl groups excluding tert-OH is 1. The van der Waals surface area contributed by atoms with E-state index in [1.807, 2.05) is 45.0 Å². The normalized spacial score (nSPS) is 31.8. The molecule has 36 heavy (non-hydrogen) atoms. The number of amides is 3. The molecule has 3 aliphatic rings. The van der Waals surface area contributed by atoms with Gasteiger partial charge in [0.2, 0.25) is 17.7 Å². The van der Waals surface area contributed by atoms with Crippen LogP contribution >= 0.6 is 0 Å². The number of benzene rings is 1. The van der Waals surface area contributed by atoms with Crippen molar-refractivity contribution in [1.82, 2.24) is 30.5 Å². The van der Waals surface area contributed by atoms with Crippen LogP contribution in [0.4, 0.5) is 0 Å². The van der Waals surface area contributed by atoms with Gasteiger partial charge >= 0.3 is 0 Å². The first-order valence-corrected chi connectivity index (χ1v) is 12.6. The molecule has 2 aromatic rings. The van der Waals surface area contributed by atoms with Crippen molar-refractivity contribution in [2.24, 2.45) is 17.8 Å². The lowest BCUT2D eigenvalue weighted by Crippen LogP contribution is -2.58. The van der Waals surface area contributed by atoms with Gasteiger partial charge in [-0.25, -0.2) is 4.68 Å². The molecule has 0 radical (unpaired) electrons. The fourth-order valence-electron chi connectivity index (χ4n) is 6.72. The first-order chi connectivity index (χ1) is 17.2. The number of carbonyl (C=O) groups excluding carboxylic acids is 3. The molecule has 194 valence electrons. The second-order valence-corrected chi connectivity index (χ2v) is 10.8. The summed E-state index contributed by atoms with van der Waals surface area (Å²) in [5.41, 5.74) is -0.493. The lowest BCUT2D eigenvalue weighted by molar-refractivity contribution is -0.150. The van der Waals surface area contributed by atoms with E-state index in [4.69, 9.17) is 4.74 Å². The molecule has 3 amide bonds. The van der Waals surface area contributed by atoms with Crippen LogP contribution in [0.25, 0.3) is 11.0 Å². The summed E-state index contributed by atoms with van der Waals surface area (Å²) >= 11 is 0. The molecular formula is C25H34N6O5. The Labute approximate surface area is 209 Å². The van der Waals surface area contributed by atoms with Crippen LogP contribution in [0.5, 0.6) is 0 Å². The summed E-state index contributed by atoms with van der Waals surface area (Å²) in [7, 11) is 1.55. The standard InChI is InChI=1S/C25H34N6O5/c1-14(2)11-15(12-32)31-20(22(34)27-13-30-17-8-6-5-7-16(17)28-29-30)25-10-9-24(3,36-25)18(21(33)26-4)19(25)23(31)35/h5-8,14-15,18-20,32H,9-13H2,1-4H3,(H,26,33)(H,27,34)/t15-,18+,19+,20?,24-,25?/m1/s1. The monoisotopic (exact) mass is 498 g/mol. The van der Waals surface area contributed by atoms with Crippen LogP contribution in [0, 0.1) is 17.8 Å². The predicted molar refractivity (Wildman–Crippen MR) is 129 cm³/mol. The molecule has 2 bridgehead atoms. The number of carbonyl (C=O) groups is 3. The van der Waals surface area contributed by atoms with Crippen LogP contribution < -0.4 is 10.6 Å². The average molecular weight is 499 g/mol. The lowest BCUT2D eigenvalue weighted by atomic mass is 9.66. The first-order valence-electron chi connectivity index (χ1n) is 12.6. The summed E-state index contributed by atoms with van der Waals surface area (Å²) in [6.07, 6.45) is 1.56. The van der Waals surface area contributed by atoms with Gasteiger partial charge < -0.3 is 25.4 Å². The summed E-state index contributed by atoms with van der Waals surface area (Å²) in [6, 6.07) is 5.89. The summed E-state index contributed by atoms with van der Waals surface area (Å²) in [5, 5.41) is 24.2. The van der Waals surface area contributed by atoms with E-state index in [1.165, 1.54) is 4.90 Å². The number of hydrogen-bond acceptors (Lipinski definition) is 7. The summed E-state index contributed by atoms with van der Waals surface area (Å²) in [6.45, 7) is 5.63. The van der Waals surface area contributed by atoms with Crippen molar-refractivity contribution < 1.29 is 24.2 Å². The number of hydrogen-bond donors (Lipinski definition) is 3. The minimum Gasteiger partial charge on any atom is -0.394 e. The van der Waals surface area contributed by atoms with E-state index in [1.54, 1.807) is 11.7 Å². The molecule has 4 heterocycles. The van der Waals surface area contributed by atoms with Crippen LogP contribution in [0.2, 0.25) is 0 Å². The number of para-hydroxylation sites is 1. The highest BCUT2D eigenvalue weighted by Crippen LogP contribution is 2.63. The topological polar surface area (TPSA) is 139 Å². The Kier molecular flexibility index (Phi) is 6.03. The van der Waals surface area contributed by atoms with E-state index in [0.29, 0.717) is 24.8 Å². The minimum absolute atomic E-state index is 0.0583. The number of likely N-dealkylation sites (tertiary alicyclic amines) is 1. The lowest BCUT2D eigenvalue weighted by Gasteiger charge is -2.37. The van der Waals surface area contributed by atoms with Crippen molar-refractivity contribution in [3.63, 3.8) is 0 Å². The van der Waals surface area contributed by atoms with Gasteiger partial charge in [0.15, 0.2) is 0 Å². The highest BCUT2D eigenvalue weighted by molar-refractivity contribution is 5.99. The molecule has 3 aliphatic heterocycles. The Morgan fingerprint density at radius 2 is 2.00 bits per heavy atom. The third kappa shape index (κ3) is 3.51. The van der Waals surface area contributed by atoms with Gasteiger partial charge in [0.05, 0.1) is 35.6 Å². The molecule has 0 aliphatic carbocycles. The van der Waals surface area contributed by atoms with E-state index in [9.17, 15) is 19.5 Å². The number of ether oxygens (including phenoxy) is 1. The molecule has 1 aromatic carbocycles. The molecule has 5 rings (SSSR count). The third-order valence-corrected chi connectivity index (χ3v) is 8.16. The summed E-state index contributed by atoms with van der Waals surface area (Å²) in [4.78, 5) is 42.4. The Morgan fingerprint density at radius 1 is 1.25 bits per heavy atom. The zero-order valence-electron chi connectivity index (χ0n) is 21.1. The first kappa shape index (κ1) is 24.6. The van der Waals surface area contributed by atoms with E-state index in [0.717, 1.165) is 5.52 Å². The molecule has 2 unspecified atom stereocenters. The van der Waals surface area contributed by atoms with Gasteiger partial charge in [-0.1, -0.05) is 31.2 Å². The van der Waals surface area contributed by atoms with E-state index in [-0.39, 0.29) is 31.0 Å². The van der Waals surface area contributed by atoms with Crippen molar-refractivity contribution in [3.8, 4) is 0 Å². The molecule has 11 heteroatoms. The van der Waals surface area contributed by atoms with Crippen molar-refractivity contribution in [2.75, 3.05) is 13.7 Å². The van der Waals surface area contributed by atoms with Gasteiger partial charge in [0.25, 0.3) is 0 Å². The SMILES string of the molecule is CNC(=O)[C@@H]1[C@H]2C(=O)N([C@@H](CO)CC(C)C)C(C(=O)NCn3nnc4ccccc43)C23CC[C@@]1(C)O3. The Balaban J connectivity index is 1.51. The molecule has 1 spiro atoms. The molecular weight excluding hydrogens is 464 g/mol. The predicted octanol–water partition coefficient (Wildman–Crippen LogP) is 0.423. The van der Waals surface area contributed by atoms with Crippen molar-refractivity contribution in [2.45, 2.75) is 70.0 Å².